The third-order valence-corrected chi connectivity index (χ3v) is 4.50. The van der Waals surface area contributed by atoms with E-state index in [2.05, 4.69) is 41.5 Å². The molecule has 4 nitrogen and oxygen atoms in total. The van der Waals surface area contributed by atoms with Crippen molar-refractivity contribution in [2.75, 3.05) is 7.05 Å². The fourth-order valence-corrected chi connectivity index (χ4v) is 3.12. The molecule has 4 heteroatoms. The molecule has 0 unspecified atom stereocenters. The Morgan fingerprint density at radius 1 is 1.04 bits per heavy atom. The van der Waals surface area contributed by atoms with Crippen LogP contribution in [0.2, 0.25) is 0 Å². The smallest absolute Gasteiger partial charge is 0.143 e. The van der Waals surface area contributed by atoms with Crippen molar-refractivity contribution < 1.29 is 0 Å². The van der Waals surface area contributed by atoms with Gasteiger partial charge >= 0.3 is 0 Å². The average molecular weight is 328 g/mol. The van der Waals surface area contributed by atoms with Crippen LogP contribution in [0.4, 0.5) is 0 Å². The first-order valence-electron chi connectivity index (χ1n) is 8.24. The Labute approximate surface area is 147 Å². The highest BCUT2D eigenvalue weighted by atomic mass is 15.1. The van der Waals surface area contributed by atoms with Crippen molar-refractivity contribution in [2.45, 2.75) is 6.54 Å². The molecule has 25 heavy (non-hydrogen) atoms. The Kier molecular flexibility index (Phi) is 3.65. The van der Waals surface area contributed by atoms with E-state index in [9.17, 15) is 0 Å². The molecule has 0 atom stereocenters. The number of nitrogens with two attached hydrogens (primary N) is 1. The second-order valence-electron chi connectivity index (χ2n) is 6.24. The molecule has 1 aromatic heterocycles. The van der Waals surface area contributed by atoms with Gasteiger partial charge in [-0.3, -0.25) is 0 Å². The van der Waals surface area contributed by atoms with Gasteiger partial charge in [0.1, 0.15) is 5.82 Å². The zero-order chi connectivity index (χ0) is 17.4. The second-order valence-corrected chi connectivity index (χ2v) is 6.24. The number of likely N-dealkylation sites (N-methyl/N-ethyl adjacent to an activating group) is 1. The van der Waals surface area contributed by atoms with Gasteiger partial charge in [0.25, 0.3) is 0 Å². The predicted molar refractivity (Wildman–Crippen MR) is 102 cm³/mol. The number of benzene rings is 2. The van der Waals surface area contributed by atoms with Gasteiger partial charge in [0.05, 0.1) is 22.4 Å². The largest absolute Gasteiger partial charge is 0.397 e. The maximum Gasteiger partial charge on any atom is 0.143 e. The van der Waals surface area contributed by atoms with Crippen LogP contribution in [-0.4, -0.2) is 21.5 Å². The summed E-state index contributed by atoms with van der Waals surface area (Å²) in [5.74, 6) is 0.910. The molecule has 1 aliphatic rings. The van der Waals surface area contributed by atoms with Crippen molar-refractivity contribution in [3.05, 3.63) is 96.2 Å². The molecule has 0 spiro atoms. The first-order chi connectivity index (χ1) is 12.1. The highest BCUT2D eigenvalue weighted by Gasteiger charge is 2.18. The molecule has 0 saturated heterocycles. The Balaban J connectivity index is 1.88. The highest BCUT2D eigenvalue weighted by Crippen LogP contribution is 2.28. The Morgan fingerprint density at radius 3 is 2.52 bits per heavy atom. The minimum atomic E-state index is 0.665. The van der Waals surface area contributed by atoms with E-state index in [0.717, 1.165) is 34.7 Å². The molecule has 124 valence electrons. The number of aromatic nitrogens is 2. The molecule has 0 fully saturated rings. The number of hydrogen-bond donors (Lipinski definition) is 1. The normalized spacial score (nSPS) is 14.6. The quantitative estimate of drug-likeness (QED) is 0.797. The monoisotopic (exact) mass is 328 g/mol. The Morgan fingerprint density at radius 2 is 1.76 bits per heavy atom. The maximum atomic E-state index is 6.14. The molecule has 0 aliphatic carbocycles. The van der Waals surface area contributed by atoms with Gasteiger partial charge in [-0.05, 0) is 23.8 Å². The van der Waals surface area contributed by atoms with Crippen LogP contribution in [-0.2, 0) is 6.54 Å². The van der Waals surface area contributed by atoms with Crippen LogP contribution in [0.1, 0.15) is 11.4 Å². The topological polar surface area (TPSA) is 47.1 Å². The molecule has 3 aromatic rings. The molecule has 2 N–H and O–H groups in total. The number of imidazole rings is 1. The van der Waals surface area contributed by atoms with Crippen molar-refractivity contribution in [2.24, 2.45) is 5.73 Å². The number of rotatable bonds is 3. The van der Waals surface area contributed by atoms with E-state index in [1.165, 1.54) is 5.56 Å². The summed E-state index contributed by atoms with van der Waals surface area (Å²) < 4.78 is 2.24. The van der Waals surface area contributed by atoms with Gasteiger partial charge in [0, 0.05) is 25.4 Å². The van der Waals surface area contributed by atoms with Gasteiger partial charge in [-0.2, -0.15) is 0 Å². The van der Waals surface area contributed by atoms with Gasteiger partial charge in [-0.1, -0.05) is 49.0 Å². The van der Waals surface area contributed by atoms with Crippen molar-refractivity contribution in [1.82, 2.24) is 14.5 Å². The van der Waals surface area contributed by atoms with Gasteiger partial charge in [-0.25, -0.2) is 4.98 Å². The zero-order valence-corrected chi connectivity index (χ0v) is 14.2. The van der Waals surface area contributed by atoms with Crippen molar-refractivity contribution in [3.8, 4) is 0 Å². The molecule has 1 aliphatic heterocycles. The van der Waals surface area contributed by atoms with Crippen molar-refractivity contribution in [3.63, 3.8) is 0 Å². The number of fused-ring (bicyclic) bond motifs is 1. The predicted octanol–water partition coefficient (Wildman–Crippen LogP) is 3.73. The van der Waals surface area contributed by atoms with E-state index >= 15 is 0 Å². The van der Waals surface area contributed by atoms with Gasteiger partial charge < -0.3 is 15.2 Å². The number of para-hydroxylation sites is 2. The number of allylic oxidation sites excluding steroid dienone is 2. The SMILES string of the molecule is C=C1C(N)=CC(c2nc3ccccc3n2Cc2ccccc2)=CN1C. The lowest BCUT2D eigenvalue weighted by Gasteiger charge is -2.23. The van der Waals surface area contributed by atoms with Crippen LogP contribution < -0.4 is 5.73 Å². The molecule has 0 saturated carbocycles. The van der Waals surface area contributed by atoms with Crippen LogP contribution in [0.5, 0.6) is 0 Å². The summed E-state index contributed by atoms with van der Waals surface area (Å²) in [6.45, 7) is 4.75. The van der Waals surface area contributed by atoms with Crippen molar-refractivity contribution >= 4 is 16.6 Å². The Hall–Kier alpha value is -3.27. The van der Waals surface area contributed by atoms with Gasteiger partial charge in [-0.15, -0.1) is 0 Å². The third-order valence-electron chi connectivity index (χ3n) is 4.50. The Bertz CT molecular complexity index is 1010. The van der Waals surface area contributed by atoms with Crippen LogP contribution >= 0.6 is 0 Å². The van der Waals surface area contributed by atoms with E-state index in [1.54, 1.807) is 0 Å². The highest BCUT2D eigenvalue weighted by molar-refractivity contribution is 5.83. The van der Waals surface area contributed by atoms with Crippen molar-refractivity contribution in [1.29, 1.82) is 0 Å². The van der Waals surface area contributed by atoms with Crippen LogP contribution in [0, 0.1) is 0 Å². The third kappa shape index (κ3) is 2.72. The first kappa shape index (κ1) is 15.3. The number of nitrogens with zero attached hydrogens (tertiary/aromatic N) is 3. The minimum absolute atomic E-state index is 0.665. The standard InChI is InChI=1S/C21H20N4/c1-15-18(22)12-17(14-24(15)2)21-23-19-10-6-7-11-20(19)25(21)13-16-8-4-3-5-9-16/h3-12,14H,1,13,22H2,2H3. The maximum absolute atomic E-state index is 6.14. The van der Waals surface area contributed by atoms with E-state index in [0.29, 0.717) is 5.70 Å². The molecular formula is C21H20N4. The lowest BCUT2D eigenvalue weighted by atomic mass is 10.1. The summed E-state index contributed by atoms with van der Waals surface area (Å²) in [4.78, 5) is 6.81. The van der Waals surface area contributed by atoms with E-state index in [-0.39, 0.29) is 0 Å². The molecular weight excluding hydrogens is 308 g/mol. The van der Waals surface area contributed by atoms with E-state index in [1.807, 2.05) is 48.5 Å². The molecule has 4 rings (SSSR count). The van der Waals surface area contributed by atoms with Crippen LogP contribution in [0.15, 0.2) is 84.8 Å². The molecule has 2 heterocycles. The average Bonchev–Trinajstić information content (AvgIpc) is 2.99. The van der Waals surface area contributed by atoms with Crippen LogP contribution in [0.3, 0.4) is 0 Å². The minimum Gasteiger partial charge on any atom is -0.397 e. The van der Waals surface area contributed by atoms with Crippen LogP contribution in [0.25, 0.3) is 16.6 Å². The molecule has 0 amide bonds. The summed E-state index contributed by atoms with van der Waals surface area (Å²) in [6, 6.07) is 18.6. The molecule has 2 aromatic carbocycles. The number of hydrogen-bond acceptors (Lipinski definition) is 3. The summed E-state index contributed by atoms with van der Waals surface area (Å²) in [7, 11) is 1.95. The summed E-state index contributed by atoms with van der Waals surface area (Å²) in [5, 5.41) is 0. The lowest BCUT2D eigenvalue weighted by molar-refractivity contribution is 0.575. The van der Waals surface area contributed by atoms with Gasteiger partial charge in [0.2, 0.25) is 0 Å². The fraction of sp³-hybridized carbons (Fsp3) is 0.0952. The first-order valence-corrected chi connectivity index (χ1v) is 8.24. The zero-order valence-electron chi connectivity index (χ0n) is 14.2. The summed E-state index contributed by atoms with van der Waals surface area (Å²) in [6.07, 6.45) is 3.98. The van der Waals surface area contributed by atoms with Gasteiger partial charge in [0.15, 0.2) is 0 Å². The summed E-state index contributed by atoms with van der Waals surface area (Å²) in [5.41, 5.74) is 11.9. The summed E-state index contributed by atoms with van der Waals surface area (Å²) >= 11 is 0. The fourth-order valence-electron chi connectivity index (χ4n) is 3.12. The second kappa shape index (κ2) is 5.98. The van der Waals surface area contributed by atoms with E-state index in [4.69, 9.17) is 10.7 Å². The lowest BCUT2D eigenvalue weighted by Crippen LogP contribution is -2.20. The molecule has 0 radical (unpaired) electrons. The molecule has 0 bridgehead atoms. The van der Waals surface area contributed by atoms with E-state index < -0.39 is 0 Å².